The van der Waals surface area contributed by atoms with Gasteiger partial charge in [0.2, 0.25) is 0 Å². The van der Waals surface area contributed by atoms with E-state index in [0.29, 0.717) is 41.8 Å². The zero-order valence-electron chi connectivity index (χ0n) is 16.3. The quantitative estimate of drug-likeness (QED) is 0.613. The van der Waals surface area contributed by atoms with Gasteiger partial charge in [-0.25, -0.2) is 4.98 Å². The van der Waals surface area contributed by atoms with Gasteiger partial charge in [0.25, 0.3) is 5.91 Å². The highest BCUT2D eigenvalue weighted by Gasteiger charge is 2.16. The molecule has 148 valence electrons. The molecule has 1 heterocycles. The van der Waals surface area contributed by atoms with Crippen molar-refractivity contribution in [1.82, 2.24) is 14.9 Å². The number of ether oxygens (including phenoxy) is 2. The second-order valence-electron chi connectivity index (χ2n) is 6.39. The molecule has 1 aromatic heterocycles. The molecule has 28 heavy (non-hydrogen) atoms. The number of imidazole rings is 1. The third-order valence-electron chi connectivity index (χ3n) is 4.41. The number of fused-ring (bicyclic) bond motifs is 1. The Morgan fingerprint density at radius 2 is 2.07 bits per heavy atom. The molecule has 0 fully saturated rings. The summed E-state index contributed by atoms with van der Waals surface area (Å²) in [5.74, 6) is 1.60. The smallest absolute Gasteiger partial charge is 0.251 e. The Hall–Kier alpha value is -2.73. The number of methoxy groups -OCH3 is 1. The molecule has 0 radical (unpaired) electrons. The van der Waals surface area contributed by atoms with Gasteiger partial charge in [-0.05, 0) is 37.6 Å². The molecule has 3 aromatic rings. The van der Waals surface area contributed by atoms with Crippen molar-refractivity contribution in [3.8, 4) is 11.5 Å². The number of nitrogens with one attached hydrogen (secondary N) is 1. The van der Waals surface area contributed by atoms with Gasteiger partial charge in [-0.3, -0.25) is 4.79 Å². The maximum atomic E-state index is 12.6. The van der Waals surface area contributed by atoms with Gasteiger partial charge >= 0.3 is 0 Å². The summed E-state index contributed by atoms with van der Waals surface area (Å²) in [6, 6.07) is 11.2. The third-order valence-corrected chi connectivity index (χ3v) is 4.69. The van der Waals surface area contributed by atoms with Crippen LogP contribution in [0.15, 0.2) is 36.4 Å². The van der Waals surface area contributed by atoms with Gasteiger partial charge in [0, 0.05) is 18.7 Å². The Morgan fingerprint density at radius 3 is 2.82 bits per heavy atom. The summed E-state index contributed by atoms with van der Waals surface area (Å²) in [6.07, 6.45) is 0.851. The van der Waals surface area contributed by atoms with Crippen molar-refractivity contribution in [2.45, 2.75) is 26.8 Å². The Morgan fingerprint density at radius 1 is 1.29 bits per heavy atom. The van der Waals surface area contributed by atoms with Crippen LogP contribution in [0.1, 0.15) is 29.5 Å². The molecule has 3 rings (SSSR count). The van der Waals surface area contributed by atoms with E-state index in [0.717, 1.165) is 23.3 Å². The molecule has 0 aliphatic rings. The van der Waals surface area contributed by atoms with Crippen LogP contribution >= 0.6 is 11.6 Å². The lowest BCUT2D eigenvalue weighted by molar-refractivity contribution is 0.0952. The predicted molar refractivity (Wildman–Crippen MR) is 111 cm³/mol. The standard InChI is InChI=1S/C21H24ClN3O3/c1-4-11-28-20-16(22)12-15(13-19(20)27-3)21(26)23-9-10-25-14(2)24-17-7-5-6-8-18(17)25/h5-8,12-13H,4,9-11H2,1-3H3,(H,23,26). The average molecular weight is 402 g/mol. The van der Waals surface area contributed by atoms with E-state index in [4.69, 9.17) is 21.1 Å². The van der Waals surface area contributed by atoms with E-state index in [1.807, 2.05) is 38.1 Å². The average Bonchev–Trinajstić information content (AvgIpc) is 3.01. The van der Waals surface area contributed by atoms with Crippen LogP contribution in [-0.2, 0) is 6.54 Å². The molecule has 0 saturated carbocycles. The van der Waals surface area contributed by atoms with E-state index < -0.39 is 0 Å². The number of rotatable bonds is 8. The van der Waals surface area contributed by atoms with Crippen LogP contribution in [0.25, 0.3) is 11.0 Å². The van der Waals surface area contributed by atoms with Crippen molar-refractivity contribution in [1.29, 1.82) is 0 Å². The van der Waals surface area contributed by atoms with Gasteiger partial charge < -0.3 is 19.4 Å². The molecule has 0 aliphatic carbocycles. The van der Waals surface area contributed by atoms with E-state index in [-0.39, 0.29) is 5.91 Å². The molecule has 0 bridgehead atoms. The number of halogens is 1. The van der Waals surface area contributed by atoms with Crippen LogP contribution in [0, 0.1) is 6.92 Å². The molecule has 0 unspecified atom stereocenters. The first kappa shape index (κ1) is 20.0. The van der Waals surface area contributed by atoms with Crippen molar-refractivity contribution >= 4 is 28.5 Å². The Balaban J connectivity index is 1.69. The summed E-state index contributed by atoms with van der Waals surface area (Å²) in [6.45, 7) is 5.59. The number of benzene rings is 2. The van der Waals surface area contributed by atoms with Crippen molar-refractivity contribution < 1.29 is 14.3 Å². The number of carbonyl (C=O) groups excluding carboxylic acids is 1. The third kappa shape index (κ3) is 4.22. The minimum atomic E-state index is -0.218. The molecular formula is C21H24ClN3O3. The molecule has 7 heteroatoms. The number of hydrogen-bond donors (Lipinski definition) is 1. The monoisotopic (exact) mass is 401 g/mol. The molecule has 2 aromatic carbocycles. The summed E-state index contributed by atoms with van der Waals surface area (Å²) in [4.78, 5) is 17.1. The largest absolute Gasteiger partial charge is 0.493 e. The second-order valence-corrected chi connectivity index (χ2v) is 6.80. The summed E-state index contributed by atoms with van der Waals surface area (Å²) in [7, 11) is 1.53. The summed E-state index contributed by atoms with van der Waals surface area (Å²) >= 11 is 6.30. The van der Waals surface area contributed by atoms with Crippen LogP contribution in [0.4, 0.5) is 0 Å². The van der Waals surface area contributed by atoms with E-state index in [2.05, 4.69) is 14.9 Å². The number of para-hydroxylation sites is 2. The molecular weight excluding hydrogens is 378 g/mol. The van der Waals surface area contributed by atoms with Gasteiger partial charge in [0.1, 0.15) is 5.82 Å². The normalized spacial score (nSPS) is 10.9. The van der Waals surface area contributed by atoms with Gasteiger partial charge in [0.15, 0.2) is 11.5 Å². The fraction of sp³-hybridized carbons (Fsp3) is 0.333. The summed E-state index contributed by atoms with van der Waals surface area (Å²) in [5, 5.41) is 3.28. The minimum absolute atomic E-state index is 0.218. The number of aromatic nitrogens is 2. The summed E-state index contributed by atoms with van der Waals surface area (Å²) in [5.41, 5.74) is 2.43. The molecule has 0 spiro atoms. The van der Waals surface area contributed by atoms with Crippen LogP contribution in [-0.4, -0.2) is 35.7 Å². The Bertz CT molecular complexity index is 984. The molecule has 0 saturated heterocycles. The van der Waals surface area contributed by atoms with E-state index in [9.17, 15) is 4.79 Å². The van der Waals surface area contributed by atoms with Gasteiger partial charge in [0.05, 0.1) is 29.8 Å². The highest BCUT2D eigenvalue weighted by molar-refractivity contribution is 6.32. The topological polar surface area (TPSA) is 65.4 Å². The van der Waals surface area contributed by atoms with Crippen molar-refractivity contribution in [3.63, 3.8) is 0 Å². The first-order chi connectivity index (χ1) is 13.5. The minimum Gasteiger partial charge on any atom is -0.493 e. The lowest BCUT2D eigenvalue weighted by Crippen LogP contribution is -2.27. The second kappa shape index (κ2) is 8.97. The molecule has 1 amide bonds. The first-order valence-electron chi connectivity index (χ1n) is 9.25. The molecule has 0 atom stereocenters. The maximum absolute atomic E-state index is 12.6. The van der Waals surface area contributed by atoms with Gasteiger partial charge in [-0.15, -0.1) is 0 Å². The van der Waals surface area contributed by atoms with Crippen LogP contribution in [0.3, 0.4) is 0 Å². The van der Waals surface area contributed by atoms with E-state index in [1.165, 1.54) is 7.11 Å². The lowest BCUT2D eigenvalue weighted by atomic mass is 10.2. The van der Waals surface area contributed by atoms with Crippen molar-refractivity contribution in [2.75, 3.05) is 20.3 Å². The number of aryl methyl sites for hydroxylation is 1. The maximum Gasteiger partial charge on any atom is 0.251 e. The zero-order valence-corrected chi connectivity index (χ0v) is 17.0. The lowest BCUT2D eigenvalue weighted by Gasteiger charge is -2.14. The highest BCUT2D eigenvalue weighted by atomic mass is 35.5. The number of hydrogen-bond acceptors (Lipinski definition) is 4. The number of nitrogens with zero attached hydrogens (tertiary/aromatic N) is 2. The van der Waals surface area contributed by atoms with Crippen LogP contribution in [0.2, 0.25) is 5.02 Å². The Kier molecular flexibility index (Phi) is 6.41. The van der Waals surface area contributed by atoms with E-state index in [1.54, 1.807) is 12.1 Å². The summed E-state index contributed by atoms with van der Waals surface area (Å²) < 4.78 is 13.1. The highest BCUT2D eigenvalue weighted by Crippen LogP contribution is 2.36. The number of carbonyl (C=O) groups is 1. The molecule has 1 N–H and O–H groups in total. The molecule has 6 nitrogen and oxygen atoms in total. The first-order valence-corrected chi connectivity index (χ1v) is 9.63. The van der Waals surface area contributed by atoms with Crippen molar-refractivity contribution in [3.05, 3.63) is 52.8 Å². The number of amides is 1. The SMILES string of the molecule is CCCOc1c(Cl)cc(C(=O)NCCn2c(C)nc3ccccc32)cc1OC. The zero-order chi connectivity index (χ0) is 20.1. The predicted octanol–water partition coefficient (Wildman–Crippen LogP) is 4.23. The molecule has 0 aliphatic heterocycles. The van der Waals surface area contributed by atoms with E-state index >= 15 is 0 Å². The fourth-order valence-corrected chi connectivity index (χ4v) is 3.32. The van der Waals surface area contributed by atoms with Crippen LogP contribution < -0.4 is 14.8 Å². The van der Waals surface area contributed by atoms with Gasteiger partial charge in [-0.1, -0.05) is 30.7 Å². The Labute approximate surface area is 169 Å². The van der Waals surface area contributed by atoms with Gasteiger partial charge in [-0.2, -0.15) is 0 Å². The van der Waals surface area contributed by atoms with Crippen molar-refractivity contribution in [2.24, 2.45) is 0 Å². The van der Waals surface area contributed by atoms with Crippen LogP contribution in [0.5, 0.6) is 11.5 Å². The fourth-order valence-electron chi connectivity index (χ4n) is 3.06.